The van der Waals surface area contributed by atoms with Gasteiger partial charge < -0.3 is 10.1 Å². The van der Waals surface area contributed by atoms with Gasteiger partial charge in [-0.1, -0.05) is 6.07 Å². The normalized spacial score (nSPS) is 11.5. The summed E-state index contributed by atoms with van der Waals surface area (Å²) < 4.78 is 46.7. The zero-order valence-electron chi connectivity index (χ0n) is 19.6. The largest absolute Gasteiger partial charge is 0.457 e. The van der Waals surface area contributed by atoms with E-state index >= 15 is 0 Å². The standard InChI is InChI=1S/C24H20F3N5O4/c1-12-5-13(2)15(4)20(6-12)36-18-9-16(8-17(10-18)32(34)35)29-23(33)19-11-22-28-14(3)7-21(24(25,26)27)31(22)30-19/h5-11H,1-4H3,(H,29,33). The number of non-ortho nitro benzene ring substituents is 1. The molecule has 2 heterocycles. The molecule has 0 aliphatic rings. The highest BCUT2D eigenvalue weighted by Crippen LogP contribution is 2.33. The molecule has 186 valence electrons. The number of hydrogen-bond donors (Lipinski definition) is 1. The van der Waals surface area contributed by atoms with Gasteiger partial charge in [0.15, 0.2) is 11.3 Å². The number of rotatable bonds is 5. The first-order valence-corrected chi connectivity index (χ1v) is 10.6. The third-order valence-electron chi connectivity index (χ3n) is 5.43. The summed E-state index contributed by atoms with van der Waals surface area (Å²) in [4.78, 5) is 27.6. The Balaban J connectivity index is 1.69. The molecule has 0 saturated heterocycles. The Hall–Kier alpha value is -4.48. The van der Waals surface area contributed by atoms with E-state index in [2.05, 4.69) is 15.4 Å². The molecule has 2 aromatic carbocycles. The topological polar surface area (TPSA) is 112 Å². The van der Waals surface area contributed by atoms with Gasteiger partial charge >= 0.3 is 6.18 Å². The fourth-order valence-electron chi connectivity index (χ4n) is 3.66. The lowest BCUT2D eigenvalue weighted by molar-refractivity contribution is -0.384. The van der Waals surface area contributed by atoms with Crippen LogP contribution in [0.15, 0.2) is 42.5 Å². The maximum atomic E-state index is 13.4. The van der Waals surface area contributed by atoms with Crippen molar-refractivity contribution < 1.29 is 27.6 Å². The van der Waals surface area contributed by atoms with E-state index in [1.54, 1.807) is 6.07 Å². The first-order valence-electron chi connectivity index (χ1n) is 10.6. The van der Waals surface area contributed by atoms with Crippen LogP contribution in [0.1, 0.15) is 38.6 Å². The third kappa shape index (κ3) is 4.97. The number of nitro benzene ring substituents is 1. The van der Waals surface area contributed by atoms with Gasteiger partial charge in [0.2, 0.25) is 0 Å². The summed E-state index contributed by atoms with van der Waals surface area (Å²) in [5.74, 6) is -0.286. The number of nitrogens with zero attached hydrogens (tertiary/aromatic N) is 4. The van der Waals surface area contributed by atoms with E-state index in [4.69, 9.17) is 4.74 Å². The predicted octanol–water partition coefficient (Wildman–Crippen LogP) is 5.93. The molecule has 36 heavy (non-hydrogen) atoms. The third-order valence-corrected chi connectivity index (χ3v) is 5.43. The van der Waals surface area contributed by atoms with Crippen molar-refractivity contribution in [1.29, 1.82) is 0 Å². The minimum absolute atomic E-state index is 0.00321. The molecule has 0 saturated carbocycles. The van der Waals surface area contributed by atoms with Gasteiger partial charge in [-0.3, -0.25) is 14.9 Å². The van der Waals surface area contributed by atoms with E-state index < -0.39 is 22.7 Å². The van der Waals surface area contributed by atoms with Crippen LogP contribution in [0.5, 0.6) is 11.5 Å². The van der Waals surface area contributed by atoms with Crippen LogP contribution in [0, 0.1) is 37.8 Å². The number of amides is 1. The molecule has 0 atom stereocenters. The molecule has 1 N–H and O–H groups in total. The molecule has 4 rings (SSSR count). The molecule has 2 aromatic heterocycles. The van der Waals surface area contributed by atoms with Crippen molar-refractivity contribution in [2.75, 3.05) is 5.32 Å². The number of hydrogen-bond acceptors (Lipinski definition) is 6. The number of carbonyl (C=O) groups excluding carboxylic acids is 1. The van der Waals surface area contributed by atoms with Crippen LogP contribution < -0.4 is 10.1 Å². The van der Waals surface area contributed by atoms with Crippen molar-refractivity contribution in [2.45, 2.75) is 33.9 Å². The number of benzene rings is 2. The van der Waals surface area contributed by atoms with Crippen LogP contribution in [-0.4, -0.2) is 25.4 Å². The number of aromatic nitrogens is 3. The van der Waals surface area contributed by atoms with Crippen molar-refractivity contribution in [2.24, 2.45) is 0 Å². The summed E-state index contributed by atoms with van der Waals surface area (Å²) in [5, 5.41) is 17.7. The monoisotopic (exact) mass is 499 g/mol. The van der Waals surface area contributed by atoms with Crippen molar-refractivity contribution in [1.82, 2.24) is 14.6 Å². The van der Waals surface area contributed by atoms with E-state index in [0.29, 0.717) is 10.3 Å². The van der Waals surface area contributed by atoms with Crippen LogP contribution in [0.25, 0.3) is 5.65 Å². The summed E-state index contributed by atoms with van der Waals surface area (Å²) in [6, 6.07) is 9.37. The number of ether oxygens (including phenoxy) is 1. The van der Waals surface area contributed by atoms with Crippen LogP contribution in [-0.2, 0) is 6.18 Å². The first-order chi connectivity index (χ1) is 16.8. The number of alkyl halides is 3. The molecule has 0 fully saturated rings. The van der Waals surface area contributed by atoms with E-state index in [9.17, 15) is 28.1 Å². The maximum absolute atomic E-state index is 13.4. The van der Waals surface area contributed by atoms with Gasteiger partial charge in [-0.05, 0) is 56.5 Å². The summed E-state index contributed by atoms with van der Waals surface area (Å²) in [5.41, 5.74) is 0.894. The minimum atomic E-state index is -4.72. The number of anilines is 1. The van der Waals surface area contributed by atoms with Crippen molar-refractivity contribution >= 4 is 22.9 Å². The summed E-state index contributed by atoms with van der Waals surface area (Å²) in [6.07, 6.45) is -4.72. The fraction of sp³-hybridized carbons (Fsp3) is 0.208. The fourth-order valence-corrected chi connectivity index (χ4v) is 3.66. The van der Waals surface area contributed by atoms with Gasteiger partial charge in [-0.2, -0.15) is 18.3 Å². The molecule has 0 unspecified atom stereocenters. The highest BCUT2D eigenvalue weighted by atomic mass is 19.4. The second-order valence-corrected chi connectivity index (χ2v) is 8.31. The van der Waals surface area contributed by atoms with Crippen molar-refractivity contribution in [3.05, 3.63) is 86.4 Å². The first kappa shape index (κ1) is 24.6. The Morgan fingerprint density at radius 3 is 2.44 bits per heavy atom. The Morgan fingerprint density at radius 2 is 1.78 bits per heavy atom. The predicted molar refractivity (Wildman–Crippen MR) is 125 cm³/mol. The molecule has 0 aliphatic carbocycles. The second kappa shape index (κ2) is 8.95. The molecule has 0 radical (unpaired) electrons. The average molecular weight is 499 g/mol. The number of nitro groups is 1. The molecular weight excluding hydrogens is 479 g/mol. The van der Waals surface area contributed by atoms with Gasteiger partial charge in [-0.25, -0.2) is 9.50 Å². The van der Waals surface area contributed by atoms with E-state index in [-0.39, 0.29) is 34.2 Å². The summed E-state index contributed by atoms with van der Waals surface area (Å²) >= 11 is 0. The van der Waals surface area contributed by atoms with Gasteiger partial charge in [0.05, 0.1) is 16.7 Å². The lowest BCUT2D eigenvalue weighted by atomic mass is 10.1. The van der Waals surface area contributed by atoms with Crippen LogP contribution in [0.4, 0.5) is 24.5 Å². The number of halogens is 3. The van der Waals surface area contributed by atoms with Crippen molar-refractivity contribution in [3.8, 4) is 11.5 Å². The van der Waals surface area contributed by atoms with E-state index in [1.807, 2.05) is 26.8 Å². The average Bonchev–Trinajstić information content (AvgIpc) is 3.19. The lowest BCUT2D eigenvalue weighted by Crippen LogP contribution is -2.16. The zero-order chi connectivity index (χ0) is 26.4. The van der Waals surface area contributed by atoms with Crippen LogP contribution in [0.3, 0.4) is 0 Å². The molecule has 12 heteroatoms. The SMILES string of the molecule is Cc1cc(C)c(C)c(Oc2cc(NC(=O)c3cc4nc(C)cc(C(F)(F)F)n4n3)cc([N+](=O)[O-])c2)c1. The second-order valence-electron chi connectivity index (χ2n) is 8.31. The number of carbonyl (C=O) groups is 1. The quantitative estimate of drug-likeness (QED) is 0.269. The van der Waals surface area contributed by atoms with Gasteiger partial charge in [0, 0.05) is 23.9 Å². The van der Waals surface area contributed by atoms with E-state index in [0.717, 1.165) is 34.9 Å². The van der Waals surface area contributed by atoms with Gasteiger partial charge in [0.25, 0.3) is 11.6 Å². The zero-order valence-corrected chi connectivity index (χ0v) is 19.6. The number of aryl methyl sites for hydroxylation is 3. The summed E-state index contributed by atoms with van der Waals surface area (Å²) in [7, 11) is 0. The van der Waals surface area contributed by atoms with Gasteiger partial charge in [0.1, 0.15) is 17.2 Å². The maximum Gasteiger partial charge on any atom is 0.433 e. The van der Waals surface area contributed by atoms with Crippen LogP contribution in [0.2, 0.25) is 0 Å². The van der Waals surface area contributed by atoms with Crippen molar-refractivity contribution in [3.63, 3.8) is 0 Å². The Morgan fingerprint density at radius 1 is 1.06 bits per heavy atom. The smallest absolute Gasteiger partial charge is 0.433 e. The molecule has 9 nitrogen and oxygen atoms in total. The van der Waals surface area contributed by atoms with Crippen LogP contribution >= 0.6 is 0 Å². The Bertz CT molecular complexity index is 1530. The Labute approximate surface area is 202 Å². The minimum Gasteiger partial charge on any atom is -0.457 e. The Kier molecular flexibility index (Phi) is 6.12. The molecular formula is C24H20F3N5O4. The highest BCUT2D eigenvalue weighted by molar-refractivity contribution is 6.03. The highest BCUT2D eigenvalue weighted by Gasteiger charge is 2.35. The molecule has 0 aliphatic heterocycles. The number of nitrogens with one attached hydrogen (secondary N) is 1. The summed E-state index contributed by atoms with van der Waals surface area (Å²) in [6.45, 7) is 7.03. The molecule has 4 aromatic rings. The lowest BCUT2D eigenvalue weighted by Gasteiger charge is -2.13. The molecule has 0 bridgehead atoms. The van der Waals surface area contributed by atoms with Gasteiger partial charge in [-0.15, -0.1) is 0 Å². The number of fused-ring (bicyclic) bond motifs is 1. The molecule has 1 amide bonds. The molecule has 0 spiro atoms. The van der Waals surface area contributed by atoms with E-state index in [1.165, 1.54) is 19.1 Å².